The lowest BCUT2D eigenvalue weighted by atomic mass is 9.78. The van der Waals surface area contributed by atoms with Gasteiger partial charge in [0.1, 0.15) is 0 Å². The molecule has 2 saturated heterocycles. The molecular formula is C26H28ClF6N3O6. The quantitative estimate of drug-likeness (QED) is 0.468. The topological polar surface area (TPSA) is 120 Å². The van der Waals surface area contributed by atoms with Crippen molar-refractivity contribution >= 4 is 29.4 Å². The Kier molecular flexibility index (Phi) is 12.6. The fourth-order valence-corrected chi connectivity index (χ4v) is 4.35. The summed E-state index contributed by atoms with van der Waals surface area (Å²) in [7, 11) is 0. The van der Waals surface area contributed by atoms with E-state index < -0.39 is 24.3 Å². The van der Waals surface area contributed by atoms with Crippen molar-refractivity contribution in [2.45, 2.75) is 31.7 Å². The second kappa shape index (κ2) is 15.2. The number of aromatic nitrogens is 1. The normalized spacial score (nSPS) is 17.2. The second-order valence-corrected chi connectivity index (χ2v) is 9.97. The lowest BCUT2D eigenvalue weighted by molar-refractivity contribution is -0.193. The van der Waals surface area contributed by atoms with Crippen LogP contribution in [0, 0.1) is 5.41 Å². The van der Waals surface area contributed by atoms with E-state index >= 15 is 0 Å². The highest BCUT2D eigenvalue weighted by Gasteiger charge is 2.40. The van der Waals surface area contributed by atoms with Crippen molar-refractivity contribution < 1.29 is 55.7 Å². The molecule has 2 aliphatic heterocycles. The Morgan fingerprint density at radius 3 is 1.95 bits per heavy atom. The van der Waals surface area contributed by atoms with E-state index in [1.807, 2.05) is 23.4 Å². The zero-order valence-corrected chi connectivity index (χ0v) is 22.8. The number of nitrogens with zero attached hydrogens (tertiary/aromatic N) is 3. The minimum Gasteiger partial charge on any atom is -0.475 e. The number of aliphatic carboxylic acids is 2. The summed E-state index contributed by atoms with van der Waals surface area (Å²) in [5.41, 5.74) is 2.06. The van der Waals surface area contributed by atoms with E-state index in [1.165, 1.54) is 5.56 Å². The smallest absolute Gasteiger partial charge is 0.475 e. The van der Waals surface area contributed by atoms with Gasteiger partial charge in [-0.15, -0.1) is 0 Å². The summed E-state index contributed by atoms with van der Waals surface area (Å²) in [4.78, 5) is 39.2. The second-order valence-electron chi connectivity index (χ2n) is 9.53. The predicted octanol–water partition coefficient (Wildman–Crippen LogP) is 4.76. The number of likely N-dealkylation sites (tertiary alicyclic amines) is 1. The molecule has 16 heteroatoms. The molecular weight excluding hydrogens is 600 g/mol. The number of carboxylic acid groups (broad SMARTS) is 2. The number of ether oxygens (including phenoxy) is 1. The molecule has 1 amide bonds. The summed E-state index contributed by atoms with van der Waals surface area (Å²) in [5.74, 6) is -5.42. The standard InChI is InChI=1S/C22H26ClN3O2.2C2HF3O2/c23-20-5-3-19(4-6-20)21(27)26-10-7-22(8-11-26)16-25(12-13-28-17-22)15-18-2-1-9-24-14-18;2*3-2(4,5)1(6)7/h1-6,9,14H,7-8,10-13,15-17H2;2*(H,6,7). The summed E-state index contributed by atoms with van der Waals surface area (Å²) >= 11 is 5.94. The van der Waals surface area contributed by atoms with Gasteiger partial charge >= 0.3 is 24.3 Å². The Balaban J connectivity index is 0.000000367. The predicted molar refractivity (Wildman–Crippen MR) is 137 cm³/mol. The van der Waals surface area contributed by atoms with E-state index in [0.29, 0.717) is 10.6 Å². The van der Waals surface area contributed by atoms with Crippen molar-refractivity contribution in [3.8, 4) is 0 Å². The molecule has 0 atom stereocenters. The number of alkyl halides is 6. The zero-order chi connectivity index (χ0) is 31.6. The minimum atomic E-state index is -5.08. The molecule has 1 aromatic carbocycles. The van der Waals surface area contributed by atoms with E-state index in [1.54, 1.807) is 24.3 Å². The van der Waals surface area contributed by atoms with Crippen molar-refractivity contribution in [3.05, 3.63) is 64.9 Å². The molecule has 0 saturated carbocycles. The lowest BCUT2D eigenvalue weighted by Crippen LogP contribution is -2.48. The molecule has 0 unspecified atom stereocenters. The number of pyridine rings is 1. The Labute approximate surface area is 241 Å². The molecule has 2 N–H and O–H groups in total. The van der Waals surface area contributed by atoms with E-state index in [9.17, 15) is 31.1 Å². The maximum absolute atomic E-state index is 12.8. The molecule has 2 fully saturated rings. The maximum atomic E-state index is 12.8. The van der Waals surface area contributed by atoms with Gasteiger partial charge in [0.05, 0.1) is 13.2 Å². The monoisotopic (exact) mass is 627 g/mol. The molecule has 0 bridgehead atoms. The number of hydrogen-bond acceptors (Lipinski definition) is 6. The van der Waals surface area contributed by atoms with Crippen molar-refractivity contribution in [1.29, 1.82) is 0 Å². The SMILES string of the molecule is O=C(O)C(F)(F)F.O=C(O)C(F)(F)F.O=C(c1ccc(Cl)cc1)N1CCC2(CC1)COCCN(Cc1cccnc1)C2. The third-order valence-electron chi connectivity index (χ3n) is 6.34. The third-order valence-corrected chi connectivity index (χ3v) is 6.59. The number of hydrogen-bond donors (Lipinski definition) is 2. The number of benzene rings is 1. The average Bonchev–Trinajstić information content (AvgIpc) is 3.11. The highest BCUT2D eigenvalue weighted by Crippen LogP contribution is 2.35. The van der Waals surface area contributed by atoms with Crippen molar-refractivity contribution in [3.63, 3.8) is 0 Å². The highest BCUT2D eigenvalue weighted by atomic mass is 35.5. The molecule has 2 aliphatic rings. The van der Waals surface area contributed by atoms with Gasteiger partial charge in [0, 0.05) is 61.1 Å². The summed E-state index contributed by atoms with van der Waals surface area (Å²) in [5, 5.41) is 14.9. The molecule has 42 heavy (non-hydrogen) atoms. The first-order valence-electron chi connectivity index (χ1n) is 12.4. The number of halogens is 7. The Morgan fingerprint density at radius 1 is 0.929 bits per heavy atom. The van der Waals surface area contributed by atoms with E-state index in [-0.39, 0.29) is 11.3 Å². The van der Waals surface area contributed by atoms with Crippen LogP contribution in [0.4, 0.5) is 26.3 Å². The van der Waals surface area contributed by atoms with Gasteiger partial charge in [-0.1, -0.05) is 17.7 Å². The van der Waals surface area contributed by atoms with Crippen LogP contribution in [0.2, 0.25) is 5.02 Å². The summed E-state index contributed by atoms with van der Waals surface area (Å²) in [6, 6.07) is 11.3. The number of amides is 1. The molecule has 4 rings (SSSR count). The maximum Gasteiger partial charge on any atom is 0.490 e. The average molecular weight is 628 g/mol. The largest absolute Gasteiger partial charge is 0.490 e. The number of carbonyl (C=O) groups is 3. The third kappa shape index (κ3) is 11.4. The van der Waals surface area contributed by atoms with Crippen molar-refractivity contribution in [1.82, 2.24) is 14.8 Å². The first kappa shape index (κ1) is 34.8. The van der Waals surface area contributed by atoms with Crippen LogP contribution >= 0.6 is 11.6 Å². The molecule has 1 aromatic heterocycles. The van der Waals surface area contributed by atoms with Gasteiger partial charge in [-0.25, -0.2) is 9.59 Å². The number of piperidine rings is 1. The molecule has 0 aliphatic carbocycles. The van der Waals surface area contributed by atoms with Gasteiger partial charge in [-0.05, 0) is 48.7 Å². The van der Waals surface area contributed by atoms with Crippen LogP contribution in [0.15, 0.2) is 48.8 Å². The first-order valence-corrected chi connectivity index (χ1v) is 12.7. The molecule has 2 aromatic rings. The van der Waals surface area contributed by atoms with Crippen LogP contribution in [0.3, 0.4) is 0 Å². The van der Waals surface area contributed by atoms with Crippen molar-refractivity contribution in [2.24, 2.45) is 5.41 Å². The fraction of sp³-hybridized carbons (Fsp3) is 0.462. The molecule has 9 nitrogen and oxygen atoms in total. The Bertz CT molecular complexity index is 1150. The van der Waals surface area contributed by atoms with Crippen LogP contribution in [-0.4, -0.2) is 94.6 Å². The van der Waals surface area contributed by atoms with E-state index in [2.05, 4.69) is 16.0 Å². The van der Waals surface area contributed by atoms with E-state index in [4.69, 9.17) is 36.1 Å². The molecule has 3 heterocycles. The van der Waals surface area contributed by atoms with Crippen molar-refractivity contribution in [2.75, 3.05) is 39.4 Å². The Hall–Kier alpha value is -3.43. The van der Waals surface area contributed by atoms with Gasteiger partial charge < -0.3 is 19.8 Å². The fourth-order valence-electron chi connectivity index (χ4n) is 4.23. The number of carbonyl (C=O) groups excluding carboxylic acids is 1. The van der Waals surface area contributed by atoms with Gasteiger partial charge in [0.15, 0.2) is 0 Å². The van der Waals surface area contributed by atoms with Crippen LogP contribution in [0.5, 0.6) is 0 Å². The van der Waals surface area contributed by atoms with Gasteiger partial charge in [-0.2, -0.15) is 26.3 Å². The Morgan fingerprint density at radius 2 is 1.48 bits per heavy atom. The summed E-state index contributed by atoms with van der Waals surface area (Å²) in [6.45, 7) is 5.91. The van der Waals surface area contributed by atoms with Crippen LogP contribution in [-0.2, 0) is 20.9 Å². The van der Waals surface area contributed by atoms with Gasteiger partial charge in [0.25, 0.3) is 5.91 Å². The van der Waals surface area contributed by atoms with Gasteiger partial charge in [-0.3, -0.25) is 14.7 Å². The molecule has 232 valence electrons. The van der Waals surface area contributed by atoms with Crippen LogP contribution < -0.4 is 0 Å². The van der Waals surface area contributed by atoms with Gasteiger partial charge in [0.2, 0.25) is 0 Å². The van der Waals surface area contributed by atoms with Crippen LogP contribution in [0.1, 0.15) is 28.8 Å². The molecule has 1 spiro atoms. The zero-order valence-electron chi connectivity index (χ0n) is 22.0. The first-order chi connectivity index (χ1) is 19.5. The minimum absolute atomic E-state index is 0.0910. The lowest BCUT2D eigenvalue weighted by Gasteiger charge is -2.42. The molecule has 0 radical (unpaired) electrons. The number of rotatable bonds is 3. The van der Waals surface area contributed by atoms with Crippen LogP contribution in [0.25, 0.3) is 0 Å². The summed E-state index contributed by atoms with van der Waals surface area (Å²) < 4.78 is 69.4. The van der Waals surface area contributed by atoms with E-state index in [0.717, 1.165) is 58.8 Å². The highest BCUT2D eigenvalue weighted by molar-refractivity contribution is 6.30. The number of carboxylic acids is 2. The summed E-state index contributed by atoms with van der Waals surface area (Å²) in [6.07, 6.45) is -4.48.